The molecular weight excluding hydrogens is 308 g/mol. The zero-order valence-corrected chi connectivity index (χ0v) is 14.6. The van der Waals surface area contributed by atoms with Crippen LogP contribution in [-0.4, -0.2) is 24.7 Å². The molecular formula is C18H24N2O4. The SMILES string of the molecule is CCCCNC(=O)c1ccc(OCc2c(C)noc2C)c(OC)c1. The molecule has 0 aliphatic carbocycles. The Bertz CT molecular complexity index is 675. The number of hydrogen-bond donors (Lipinski definition) is 1. The minimum absolute atomic E-state index is 0.112. The van der Waals surface area contributed by atoms with Gasteiger partial charge in [-0.25, -0.2) is 0 Å². The summed E-state index contributed by atoms with van der Waals surface area (Å²) in [5.41, 5.74) is 2.27. The summed E-state index contributed by atoms with van der Waals surface area (Å²) in [6.07, 6.45) is 2.00. The van der Waals surface area contributed by atoms with Crippen molar-refractivity contribution in [3.05, 3.63) is 40.8 Å². The Morgan fingerprint density at radius 1 is 1.29 bits per heavy atom. The first-order valence-corrected chi connectivity index (χ1v) is 8.07. The van der Waals surface area contributed by atoms with E-state index in [9.17, 15) is 4.79 Å². The van der Waals surface area contributed by atoms with Crippen LogP contribution in [0.3, 0.4) is 0 Å². The van der Waals surface area contributed by atoms with Crippen LogP contribution in [0.25, 0.3) is 0 Å². The smallest absolute Gasteiger partial charge is 0.251 e. The van der Waals surface area contributed by atoms with Gasteiger partial charge in [-0.2, -0.15) is 0 Å². The first-order valence-electron chi connectivity index (χ1n) is 8.07. The molecule has 0 saturated carbocycles. The minimum Gasteiger partial charge on any atom is -0.493 e. The molecule has 2 rings (SSSR count). The second-order valence-electron chi connectivity index (χ2n) is 5.57. The maximum Gasteiger partial charge on any atom is 0.251 e. The average Bonchev–Trinajstić information content (AvgIpc) is 2.91. The molecule has 1 amide bonds. The zero-order chi connectivity index (χ0) is 17.5. The van der Waals surface area contributed by atoms with Crippen LogP contribution < -0.4 is 14.8 Å². The third-order valence-electron chi connectivity index (χ3n) is 3.79. The summed E-state index contributed by atoms with van der Waals surface area (Å²) in [5, 5.41) is 6.79. The third-order valence-corrected chi connectivity index (χ3v) is 3.79. The molecule has 24 heavy (non-hydrogen) atoms. The molecule has 1 aromatic heterocycles. The highest BCUT2D eigenvalue weighted by Gasteiger charge is 2.14. The summed E-state index contributed by atoms with van der Waals surface area (Å²) in [6.45, 7) is 6.80. The number of nitrogens with one attached hydrogen (secondary N) is 1. The second-order valence-corrected chi connectivity index (χ2v) is 5.57. The zero-order valence-electron chi connectivity index (χ0n) is 14.6. The number of aromatic nitrogens is 1. The number of aryl methyl sites for hydroxylation is 2. The Labute approximate surface area is 142 Å². The van der Waals surface area contributed by atoms with Crippen molar-refractivity contribution in [1.29, 1.82) is 0 Å². The van der Waals surface area contributed by atoms with Gasteiger partial charge in [0, 0.05) is 12.1 Å². The Kier molecular flexibility index (Phi) is 6.23. The average molecular weight is 332 g/mol. The van der Waals surface area contributed by atoms with Gasteiger partial charge >= 0.3 is 0 Å². The fourth-order valence-electron chi connectivity index (χ4n) is 2.27. The number of benzene rings is 1. The molecule has 0 spiro atoms. The van der Waals surface area contributed by atoms with Gasteiger partial charge in [0.15, 0.2) is 11.5 Å². The summed E-state index contributed by atoms with van der Waals surface area (Å²) in [5.74, 6) is 1.71. The van der Waals surface area contributed by atoms with E-state index in [-0.39, 0.29) is 5.91 Å². The highest BCUT2D eigenvalue weighted by atomic mass is 16.5. The normalized spacial score (nSPS) is 10.5. The van der Waals surface area contributed by atoms with Gasteiger partial charge in [-0.3, -0.25) is 4.79 Å². The molecule has 1 N–H and O–H groups in total. The monoisotopic (exact) mass is 332 g/mol. The molecule has 0 fully saturated rings. The number of rotatable bonds is 8. The van der Waals surface area contributed by atoms with Crippen molar-refractivity contribution in [2.75, 3.05) is 13.7 Å². The van der Waals surface area contributed by atoms with Gasteiger partial charge in [-0.15, -0.1) is 0 Å². The number of unbranched alkanes of at least 4 members (excludes halogenated alkanes) is 1. The summed E-state index contributed by atoms with van der Waals surface area (Å²) in [7, 11) is 1.55. The van der Waals surface area contributed by atoms with E-state index in [2.05, 4.69) is 17.4 Å². The van der Waals surface area contributed by atoms with Crippen LogP contribution in [0.2, 0.25) is 0 Å². The molecule has 6 nitrogen and oxygen atoms in total. The number of amides is 1. The number of nitrogens with zero attached hydrogens (tertiary/aromatic N) is 1. The Morgan fingerprint density at radius 3 is 2.71 bits per heavy atom. The van der Waals surface area contributed by atoms with E-state index in [0.29, 0.717) is 30.2 Å². The summed E-state index contributed by atoms with van der Waals surface area (Å²) >= 11 is 0. The van der Waals surface area contributed by atoms with Crippen molar-refractivity contribution in [3.63, 3.8) is 0 Å². The molecule has 0 aliphatic rings. The minimum atomic E-state index is -0.112. The molecule has 0 atom stereocenters. The molecule has 0 saturated heterocycles. The van der Waals surface area contributed by atoms with Crippen LogP contribution in [0.1, 0.15) is 47.1 Å². The van der Waals surface area contributed by atoms with Gasteiger partial charge in [0.05, 0.1) is 18.4 Å². The first kappa shape index (κ1) is 17.8. The van der Waals surface area contributed by atoms with Crippen molar-refractivity contribution in [3.8, 4) is 11.5 Å². The third kappa shape index (κ3) is 4.28. The van der Waals surface area contributed by atoms with Gasteiger partial charge in [0.2, 0.25) is 0 Å². The highest BCUT2D eigenvalue weighted by molar-refractivity contribution is 5.94. The predicted molar refractivity (Wildman–Crippen MR) is 90.5 cm³/mol. The van der Waals surface area contributed by atoms with Crippen LogP contribution in [-0.2, 0) is 6.61 Å². The van der Waals surface area contributed by atoms with Crippen molar-refractivity contribution in [1.82, 2.24) is 10.5 Å². The van der Waals surface area contributed by atoms with E-state index in [1.807, 2.05) is 13.8 Å². The van der Waals surface area contributed by atoms with Crippen molar-refractivity contribution in [2.45, 2.75) is 40.2 Å². The Hall–Kier alpha value is -2.50. The summed E-state index contributed by atoms with van der Waals surface area (Å²) in [4.78, 5) is 12.1. The first-order chi connectivity index (χ1) is 11.6. The van der Waals surface area contributed by atoms with E-state index in [4.69, 9.17) is 14.0 Å². The summed E-state index contributed by atoms with van der Waals surface area (Å²) < 4.78 is 16.3. The van der Waals surface area contributed by atoms with Crippen LogP contribution in [0.15, 0.2) is 22.7 Å². The molecule has 1 heterocycles. The van der Waals surface area contributed by atoms with Crippen molar-refractivity contribution < 1.29 is 18.8 Å². The second kappa shape index (κ2) is 8.38. The lowest BCUT2D eigenvalue weighted by atomic mass is 10.1. The number of ether oxygens (including phenoxy) is 2. The van der Waals surface area contributed by atoms with Gasteiger partial charge in [-0.05, 0) is 38.5 Å². The van der Waals surface area contributed by atoms with Crippen LogP contribution in [0, 0.1) is 13.8 Å². The van der Waals surface area contributed by atoms with Gasteiger partial charge in [0.25, 0.3) is 5.91 Å². The lowest BCUT2D eigenvalue weighted by Gasteiger charge is -2.12. The van der Waals surface area contributed by atoms with Crippen LogP contribution in [0.5, 0.6) is 11.5 Å². The van der Waals surface area contributed by atoms with E-state index in [1.165, 1.54) is 0 Å². The fraction of sp³-hybridized carbons (Fsp3) is 0.444. The molecule has 0 unspecified atom stereocenters. The van der Waals surface area contributed by atoms with E-state index in [1.54, 1.807) is 25.3 Å². The topological polar surface area (TPSA) is 73.6 Å². The molecule has 0 radical (unpaired) electrons. The maximum absolute atomic E-state index is 12.1. The van der Waals surface area contributed by atoms with Gasteiger partial charge < -0.3 is 19.3 Å². The van der Waals surface area contributed by atoms with Crippen molar-refractivity contribution in [2.24, 2.45) is 0 Å². The molecule has 130 valence electrons. The van der Waals surface area contributed by atoms with Crippen LogP contribution >= 0.6 is 0 Å². The molecule has 0 aliphatic heterocycles. The maximum atomic E-state index is 12.1. The molecule has 2 aromatic rings. The summed E-state index contributed by atoms with van der Waals surface area (Å²) in [6, 6.07) is 5.15. The highest BCUT2D eigenvalue weighted by Crippen LogP contribution is 2.29. The molecule has 6 heteroatoms. The van der Waals surface area contributed by atoms with E-state index >= 15 is 0 Å². The molecule has 0 bridgehead atoms. The van der Waals surface area contributed by atoms with Gasteiger partial charge in [-0.1, -0.05) is 18.5 Å². The fourth-order valence-corrected chi connectivity index (χ4v) is 2.27. The Morgan fingerprint density at radius 2 is 2.08 bits per heavy atom. The standard InChI is InChI=1S/C18H24N2O4/c1-5-6-9-19-18(21)14-7-8-16(17(10-14)22-4)23-11-15-12(2)20-24-13(15)3/h7-8,10H,5-6,9,11H2,1-4H3,(H,19,21). The number of carbonyl (C=O) groups excluding carboxylic acids is 1. The lowest BCUT2D eigenvalue weighted by Crippen LogP contribution is -2.24. The Balaban J connectivity index is 2.07. The van der Waals surface area contributed by atoms with E-state index < -0.39 is 0 Å². The number of carbonyl (C=O) groups is 1. The number of methoxy groups -OCH3 is 1. The van der Waals surface area contributed by atoms with Gasteiger partial charge in [0.1, 0.15) is 12.4 Å². The quantitative estimate of drug-likeness (QED) is 0.750. The number of hydrogen-bond acceptors (Lipinski definition) is 5. The molecule has 1 aromatic carbocycles. The predicted octanol–water partition coefficient (Wildman–Crippen LogP) is 3.41. The van der Waals surface area contributed by atoms with E-state index in [0.717, 1.165) is 29.9 Å². The van der Waals surface area contributed by atoms with Crippen LogP contribution in [0.4, 0.5) is 0 Å². The lowest BCUT2D eigenvalue weighted by molar-refractivity contribution is 0.0952. The largest absolute Gasteiger partial charge is 0.493 e. The van der Waals surface area contributed by atoms with Crippen molar-refractivity contribution >= 4 is 5.91 Å².